The molecule has 0 aliphatic rings. The molecule has 16 heavy (non-hydrogen) atoms. The summed E-state index contributed by atoms with van der Waals surface area (Å²) in [7, 11) is -3.54. The van der Waals surface area contributed by atoms with E-state index in [0.29, 0.717) is 13.0 Å². The average Bonchev–Trinajstić information content (AvgIpc) is 2.65. The van der Waals surface area contributed by atoms with Gasteiger partial charge in [-0.25, -0.2) is 13.4 Å². The standard InChI is InChI=1S/C9H11ClN2O2S2/c1-3-5-12(6-4-2)16(13,14)8-7-11-9(10)15-8/h1,7H,4-6H2,2H3. The lowest BCUT2D eigenvalue weighted by Crippen LogP contribution is -2.31. The summed E-state index contributed by atoms with van der Waals surface area (Å²) < 4.78 is 25.7. The topological polar surface area (TPSA) is 50.3 Å². The second-order valence-corrected chi connectivity index (χ2v) is 6.75. The van der Waals surface area contributed by atoms with Gasteiger partial charge in [-0.05, 0) is 6.42 Å². The molecule has 0 aromatic carbocycles. The Bertz CT molecular complexity index is 490. The largest absolute Gasteiger partial charge is 0.255 e. The van der Waals surface area contributed by atoms with Crippen LogP contribution in [0.2, 0.25) is 4.47 Å². The first-order valence-electron chi connectivity index (χ1n) is 4.57. The maximum Gasteiger partial charge on any atom is 0.255 e. The smallest absolute Gasteiger partial charge is 0.232 e. The molecule has 0 radical (unpaired) electrons. The molecule has 0 aliphatic heterocycles. The number of sulfonamides is 1. The highest BCUT2D eigenvalue weighted by atomic mass is 35.5. The van der Waals surface area contributed by atoms with Gasteiger partial charge in [-0.1, -0.05) is 35.8 Å². The fraction of sp³-hybridized carbons (Fsp3) is 0.444. The van der Waals surface area contributed by atoms with Crippen molar-refractivity contribution in [1.82, 2.24) is 9.29 Å². The third-order valence-corrected chi connectivity index (χ3v) is 5.19. The molecule has 0 saturated heterocycles. The van der Waals surface area contributed by atoms with E-state index in [4.69, 9.17) is 18.0 Å². The highest BCUT2D eigenvalue weighted by Crippen LogP contribution is 2.25. The van der Waals surface area contributed by atoms with E-state index in [2.05, 4.69) is 10.9 Å². The minimum Gasteiger partial charge on any atom is -0.232 e. The van der Waals surface area contributed by atoms with Gasteiger partial charge in [0.25, 0.3) is 10.0 Å². The first-order chi connectivity index (χ1) is 7.52. The van der Waals surface area contributed by atoms with E-state index in [1.165, 1.54) is 10.5 Å². The van der Waals surface area contributed by atoms with Crippen LogP contribution < -0.4 is 0 Å². The summed E-state index contributed by atoms with van der Waals surface area (Å²) >= 11 is 6.54. The van der Waals surface area contributed by atoms with Crippen LogP contribution in [0.5, 0.6) is 0 Å². The van der Waals surface area contributed by atoms with Crippen LogP contribution in [0.15, 0.2) is 10.4 Å². The Labute approximate surface area is 104 Å². The molecule has 0 aliphatic carbocycles. The minimum absolute atomic E-state index is 0.0612. The molecule has 1 aromatic rings. The molecule has 0 spiro atoms. The lowest BCUT2D eigenvalue weighted by Gasteiger charge is -2.17. The van der Waals surface area contributed by atoms with Crippen molar-refractivity contribution in [3.63, 3.8) is 0 Å². The fourth-order valence-corrected chi connectivity index (χ4v) is 4.02. The van der Waals surface area contributed by atoms with Gasteiger partial charge in [0, 0.05) is 6.54 Å². The number of rotatable bonds is 5. The van der Waals surface area contributed by atoms with Gasteiger partial charge in [0.2, 0.25) is 0 Å². The fourth-order valence-electron chi connectivity index (χ4n) is 1.12. The monoisotopic (exact) mass is 278 g/mol. The molecule has 4 nitrogen and oxygen atoms in total. The number of hydrogen-bond donors (Lipinski definition) is 0. The summed E-state index contributed by atoms with van der Waals surface area (Å²) in [4.78, 5) is 3.71. The van der Waals surface area contributed by atoms with Crippen LogP contribution in [0.25, 0.3) is 0 Å². The number of hydrogen-bond acceptors (Lipinski definition) is 4. The number of aromatic nitrogens is 1. The van der Waals surface area contributed by atoms with Gasteiger partial charge < -0.3 is 0 Å². The molecule has 0 fully saturated rings. The number of terminal acetylenes is 1. The molecule has 88 valence electrons. The van der Waals surface area contributed by atoms with Crippen molar-refractivity contribution >= 4 is 33.0 Å². The Morgan fingerprint density at radius 2 is 2.38 bits per heavy atom. The van der Waals surface area contributed by atoms with Crippen molar-refractivity contribution in [3.8, 4) is 12.3 Å². The summed E-state index contributed by atoms with van der Waals surface area (Å²) in [5.74, 6) is 2.33. The van der Waals surface area contributed by atoms with E-state index in [-0.39, 0.29) is 15.2 Å². The Morgan fingerprint density at radius 3 is 2.81 bits per heavy atom. The van der Waals surface area contributed by atoms with E-state index in [0.717, 1.165) is 11.3 Å². The van der Waals surface area contributed by atoms with Gasteiger partial charge >= 0.3 is 0 Å². The van der Waals surface area contributed by atoms with E-state index in [1.807, 2.05) is 6.92 Å². The molecular formula is C9H11ClN2O2S2. The molecule has 0 atom stereocenters. The van der Waals surface area contributed by atoms with Gasteiger partial charge in [-0.3, -0.25) is 0 Å². The van der Waals surface area contributed by atoms with E-state index in [1.54, 1.807) is 0 Å². The molecule has 1 aromatic heterocycles. The van der Waals surface area contributed by atoms with Crippen LogP contribution in [-0.4, -0.2) is 30.8 Å². The molecule has 1 heterocycles. The van der Waals surface area contributed by atoms with Gasteiger partial charge in [0.05, 0.1) is 12.7 Å². The molecule has 1 rings (SSSR count). The second kappa shape index (κ2) is 5.64. The van der Waals surface area contributed by atoms with Crippen LogP contribution in [-0.2, 0) is 10.0 Å². The third-order valence-electron chi connectivity index (χ3n) is 1.79. The van der Waals surface area contributed by atoms with Crippen molar-refractivity contribution in [2.75, 3.05) is 13.1 Å². The van der Waals surface area contributed by atoms with Crippen molar-refractivity contribution in [2.45, 2.75) is 17.6 Å². The van der Waals surface area contributed by atoms with E-state index >= 15 is 0 Å². The molecule has 0 saturated carbocycles. The Balaban J connectivity index is 3.03. The summed E-state index contributed by atoms with van der Waals surface area (Å²) in [5, 5.41) is 0. The predicted octanol–water partition coefficient (Wildman–Crippen LogP) is 1.83. The first-order valence-corrected chi connectivity index (χ1v) is 7.20. The lowest BCUT2D eigenvalue weighted by molar-refractivity contribution is 0.447. The van der Waals surface area contributed by atoms with Crippen LogP contribution in [0.1, 0.15) is 13.3 Å². The Hall–Kier alpha value is -0.610. The zero-order valence-electron chi connectivity index (χ0n) is 8.68. The summed E-state index contributed by atoms with van der Waals surface area (Å²) in [5.41, 5.74) is 0. The summed E-state index contributed by atoms with van der Waals surface area (Å²) in [6, 6.07) is 0. The third kappa shape index (κ3) is 2.95. The van der Waals surface area contributed by atoms with Crippen LogP contribution in [0.3, 0.4) is 0 Å². The minimum atomic E-state index is -3.54. The lowest BCUT2D eigenvalue weighted by atomic mass is 10.5. The highest BCUT2D eigenvalue weighted by molar-refractivity contribution is 7.91. The molecule has 0 bridgehead atoms. The predicted molar refractivity (Wildman–Crippen MR) is 65.0 cm³/mol. The van der Waals surface area contributed by atoms with Crippen LogP contribution in [0, 0.1) is 12.3 Å². The first kappa shape index (κ1) is 13.5. The highest BCUT2D eigenvalue weighted by Gasteiger charge is 2.25. The Morgan fingerprint density at radius 1 is 1.69 bits per heavy atom. The van der Waals surface area contributed by atoms with Crippen molar-refractivity contribution in [3.05, 3.63) is 10.7 Å². The number of halogens is 1. The number of nitrogens with zero attached hydrogens (tertiary/aromatic N) is 2. The molecule has 0 amide bonds. The maximum absolute atomic E-state index is 12.1. The summed E-state index contributed by atoms with van der Waals surface area (Å²) in [6.07, 6.45) is 7.10. The average molecular weight is 279 g/mol. The molecule has 7 heteroatoms. The molecule has 0 N–H and O–H groups in total. The van der Waals surface area contributed by atoms with Gasteiger partial charge in [0.15, 0.2) is 8.68 Å². The maximum atomic E-state index is 12.1. The van der Waals surface area contributed by atoms with Crippen molar-refractivity contribution < 1.29 is 8.42 Å². The zero-order chi connectivity index (χ0) is 12.2. The molecular weight excluding hydrogens is 268 g/mol. The zero-order valence-corrected chi connectivity index (χ0v) is 11.1. The SMILES string of the molecule is C#CCN(CCC)S(=O)(=O)c1cnc(Cl)s1. The second-order valence-electron chi connectivity index (χ2n) is 2.97. The normalized spacial score (nSPS) is 11.6. The number of thiazole rings is 1. The van der Waals surface area contributed by atoms with Crippen LogP contribution >= 0.6 is 22.9 Å². The Kier molecular flexibility index (Phi) is 4.74. The van der Waals surface area contributed by atoms with Crippen molar-refractivity contribution in [1.29, 1.82) is 0 Å². The van der Waals surface area contributed by atoms with Gasteiger partial charge in [-0.15, -0.1) is 6.42 Å². The van der Waals surface area contributed by atoms with Crippen LogP contribution in [0.4, 0.5) is 0 Å². The van der Waals surface area contributed by atoms with E-state index in [9.17, 15) is 8.42 Å². The molecule has 0 unspecified atom stereocenters. The van der Waals surface area contributed by atoms with Gasteiger partial charge in [0.1, 0.15) is 0 Å². The van der Waals surface area contributed by atoms with Crippen molar-refractivity contribution in [2.24, 2.45) is 0 Å². The quantitative estimate of drug-likeness (QED) is 0.772. The summed E-state index contributed by atoms with van der Waals surface area (Å²) in [6.45, 7) is 2.34. The van der Waals surface area contributed by atoms with Gasteiger partial charge in [-0.2, -0.15) is 4.31 Å². The van der Waals surface area contributed by atoms with E-state index < -0.39 is 10.0 Å².